The molecule has 4 nitrogen and oxygen atoms in total. The van der Waals surface area contributed by atoms with E-state index in [0.29, 0.717) is 6.61 Å². The van der Waals surface area contributed by atoms with E-state index >= 15 is 0 Å². The summed E-state index contributed by atoms with van der Waals surface area (Å²) in [6, 6.07) is 51.0. The summed E-state index contributed by atoms with van der Waals surface area (Å²) in [5.41, 5.74) is 15.5. The molecule has 4 aliphatic heterocycles. The number of rotatable bonds is 0. The summed E-state index contributed by atoms with van der Waals surface area (Å²) >= 11 is 0. The third-order valence-corrected chi connectivity index (χ3v) is 15.5. The molecule has 9 aromatic rings. The average molecular weight is 1120 g/mol. The molecule has 0 bridgehead atoms. The highest BCUT2D eigenvalue weighted by Crippen LogP contribution is 2.57. The number of hydrogen-bond acceptors (Lipinski definition) is 4. The average Bonchev–Trinajstić information content (AvgIpc) is 1.86. The van der Waals surface area contributed by atoms with Crippen molar-refractivity contribution in [1.29, 1.82) is 0 Å². The summed E-state index contributed by atoms with van der Waals surface area (Å²) in [6.07, 6.45) is 14.3. The van der Waals surface area contributed by atoms with Crippen LogP contribution in [-0.4, -0.2) is 40.0 Å². The molecular formula is C78H87B3O4. The van der Waals surface area contributed by atoms with Gasteiger partial charge >= 0.3 is 0 Å². The Balaban J connectivity index is 0.000000168. The molecular weight excluding hydrogens is 1030 g/mol. The molecule has 3 atom stereocenters. The van der Waals surface area contributed by atoms with Gasteiger partial charge in [0.05, 0.1) is 16.5 Å². The SMILES string of the molecule is CC.CC.CC.CC.CC.CC.[B]C1(C)C=Cc2c3c(c4ccccc4c2O1)-c1ccccc1C3(C)C.[B]C1(C)C=Cc2c3c(c4ccccc4c2O1)-c1ccccc1CC3.[B]C1(C)C=Cc2c3c(c4ccccc4c2O1)-c1ccccc1OC3. The van der Waals surface area contributed by atoms with Crippen molar-refractivity contribution in [3.63, 3.8) is 0 Å². The zero-order valence-electron chi connectivity index (χ0n) is 53.8. The Hall–Kier alpha value is -7.63. The fraction of sp³-hybridized carbons (Fsp3) is 0.308. The van der Waals surface area contributed by atoms with E-state index < -0.39 is 16.5 Å². The van der Waals surface area contributed by atoms with Gasteiger partial charge < -0.3 is 18.9 Å². The van der Waals surface area contributed by atoms with Gasteiger partial charge in [0.1, 0.15) is 53.1 Å². The number of para-hydroxylation sites is 1. The van der Waals surface area contributed by atoms with Crippen molar-refractivity contribution in [1.82, 2.24) is 0 Å². The third kappa shape index (κ3) is 12.3. The predicted molar refractivity (Wildman–Crippen MR) is 372 cm³/mol. The molecule has 0 spiro atoms. The maximum atomic E-state index is 6.27. The zero-order valence-corrected chi connectivity index (χ0v) is 53.8. The number of benzene rings is 9. The number of fused-ring (bicyclic) bond motifs is 24. The lowest BCUT2D eigenvalue weighted by Gasteiger charge is -2.33. The standard InChI is InChI=1S/C23H19BO.C22H17BO.C21H15BO2.6C2H6/c1-22(2)18-11-7-6-10-16(18)19-14-8-4-5-9-15(14)21-17(20(19)22)12-13-23(3,24)25-21;1-22(23)13-12-19-17-11-10-14-6-2-3-7-15(14)20(17)16-8-4-5-9-18(16)21(19)24-22;1-21(22)11-10-15-17-12-23-18-9-5-4-8-16(18)19(17)13-6-2-3-7-14(13)20(15)24-21;6*1-2/h4-13H,1-3H3;2-9,12-13H,10-11H2,1H3;2-11H,12H2,1H3;6*1-2H3. The lowest BCUT2D eigenvalue weighted by molar-refractivity contribution is 0.225. The lowest BCUT2D eigenvalue weighted by Crippen LogP contribution is -2.33. The minimum atomic E-state index is -0.794. The molecule has 85 heavy (non-hydrogen) atoms. The number of ether oxygens (including phenoxy) is 4. The predicted octanol–water partition coefficient (Wildman–Crippen LogP) is 21.2. The van der Waals surface area contributed by atoms with E-state index in [1.165, 1.54) is 71.8 Å². The first-order valence-corrected chi connectivity index (χ1v) is 31.3. The molecule has 0 aromatic heterocycles. The van der Waals surface area contributed by atoms with E-state index in [4.69, 9.17) is 42.5 Å². The molecule has 0 fully saturated rings. The quantitative estimate of drug-likeness (QED) is 0.142. The van der Waals surface area contributed by atoms with E-state index in [1.54, 1.807) is 0 Å². The molecule has 6 radical (unpaired) electrons. The van der Waals surface area contributed by atoms with E-state index in [-0.39, 0.29) is 5.41 Å². The Bertz CT molecular complexity index is 3750. The zero-order chi connectivity index (χ0) is 62.0. The number of aryl methyl sites for hydroxylation is 1. The topological polar surface area (TPSA) is 36.9 Å². The molecule has 432 valence electrons. The molecule has 3 unspecified atom stereocenters. The van der Waals surface area contributed by atoms with Gasteiger partial charge in [-0.1, -0.05) is 273 Å². The summed E-state index contributed by atoms with van der Waals surface area (Å²) in [7, 11) is 18.7. The van der Waals surface area contributed by atoms with Crippen LogP contribution in [0.5, 0.6) is 23.0 Å². The Morgan fingerprint density at radius 3 is 1.22 bits per heavy atom. The van der Waals surface area contributed by atoms with Crippen molar-refractivity contribution in [3.8, 4) is 56.4 Å². The van der Waals surface area contributed by atoms with Gasteiger partial charge in [-0.2, -0.15) is 0 Å². The molecule has 7 heteroatoms. The van der Waals surface area contributed by atoms with Crippen LogP contribution in [0.25, 0.3) is 83.9 Å². The Morgan fingerprint density at radius 2 is 0.718 bits per heavy atom. The van der Waals surface area contributed by atoms with E-state index in [9.17, 15) is 0 Å². The molecule has 9 aromatic carbocycles. The largest absolute Gasteiger partial charge is 0.492 e. The van der Waals surface area contributed by atoms with Crippen molar-refractivity contribution >= 4 is 74.1 Å². The molecule has 4 heterocycles. The molecule has 2 aliphatic carbocycles. The first kappa shape index (κ1) is 64.9. The summed E-state index contributed by atoms with van der Waals surface area (Å²) in [5.74, 6) is 3.61. The van der Waals surface area contributed by atoms with Gasteiger partial charge in [0.15, 0.2) is 0 Å². The molecule has 0 saturated carbocycles. The maximum Gasteiger partial charge on any atom is 0.137 e. The first-order valence-electron chi connectivity index (χ1n) is 31.3. The number of hydrogen-bond donors (Lipinski definition) is 0. The Kier molecular flexibility index (Phi) is 21.1. The van der Waals surface area contributed by atoms with Crippen LogP contribution >= 0.6 is 0 Å². The van der Waals surface area contributed by atoms with Gasteiger partial charge in [-0.25, -0.2) is 0 Å². The van der Waals surface area contributed by atoms with Crippen LogP contribution in [0.4, 0.5) is 0 Å². The summed E-state index contributed by atoms with van der Waals surface area (Å²) in [4.78, 5) is 0. The highest BCUT2D eigenvalue weighted by atomic mass is 16.5. The van der Waals surface area contributed by atoms with E-state index in [0.717, 1.165) is 74.3 Å². The smallest absolute Gasteiger partial charge is 0.137 e. The van der Waals surface area contributed by atoms with Crippen LogP contribution in [0.1, 0.15) is 162 Å². The molecule has 6 aliphatic rings. The van der Waals surface area contributed by atoms with Crippen LogP contribution in [-0.2, 0) is 24.9 Å². The normalized spacial score (nSPS) is 18.6. The second-order valence-corrected chi connectivity index (χ2v) is 21.3. The van der Waals surface area contributed by atoms with Crippen LogP contribution in [0.3, 0.4) is 0 Å². The fourth-order valence-corrected chi connectivity index (χ4v) is 12.3. The van der Waals surface area contributed by atoms with Crippen molar-refractivity contribution < 1.29 is 18.9 Å². The summed E-state index contributed by atoms with van der Waals surface area (Å²) < 4.78 is 24.5. The summed E-state index contributed by atoms with van der Waals surface area (Å²) in [6.45, 7) is 34.8. The highest BCUT2D eigenvalue weighted by molar-refractivity contribution is 6.19. The van der Waals surface area contributed by atoms with Gasteiger partial charge in [-0.15, -0.1) is 0 Å². The first-order chi connectivity index (χ1) is 41.2. The minimum Gasteiger partial charge on any atom is -0.492 e. The monoisotopic (exact) mass is 1120 g/mol. The minimum absolute atomic E-state index is 0.0733. The second-order valence-electron chi connectivity index (χ2n) is 21.3. The van der Waals surface area contributed by atoms with Gasteiger partial charge in [0, 0.05) is 55.0 Å². The third-order valence-electron chi connectivity index (χ3n) is 15.5. The summed E-state index contributed by atoms with van der Waals surface area (Å²) in [5, 5.41) is 7.02. The Morgan fingerprint density at radius 1 is 0.353 bits per heavy atom. The molecule has 15 rings (SSSR count). The Labute approximate surface area is 514 Å². The van der Waals surface area contributed by atoms with Gasteiger partial charge in [-0.05, 0) is 100 Å². The van der Waals surface area contributed by atoms with E-state index in [2.05, 4.69) is 159 Å². The van der Waals surface area contributed by atoms with E-state index in [1.807, 2.05) is 140 Å². The fourth-order valence-electron chi connectivity index (χ4n) is 12.3. The lowest BCUT2D eigenvalue weighted by atomic mass is 9.76. The van der Waals surface area contributed by atoms with Crippen molar-refractivity contribution in [2.75, 3.05) is 0 Å². The van der Waals surface area contributed by atoms with Crippen molar-refractivity contribution in [2.45, 2.75) is 159 Å². The van der Waals surface area contributed by atoms with Gasteiger partial charge in [0.25, 0.3) is 0 Å². The van der Waals surface area contributed by atoms with Gasteiger partial charge in [-0.3, -0.25) is 0 Å². The maximum absolute atomic E-state index is 6.27. The van der Waals surface area contributed by atoms with Crippen molar-refractivity contribution in [3.05, 3.63) is 208 Å². The molecule has 0 amide bonds. The van der Waals surface area contributed by atoms with Crippen LogP contribution in [0.15, 0.2) is 164 Å². The highest BCUT2D eigenvalue weighted by Gasteiger charge is 2.41. The van der Waals surface area contributed by atoms with Gasteiger partial charge in [0.2, 0.25) is 0 Å². The van der Waals surface area contributed by atoms with Crippen molar-refractivity contribution in [2.24, 2.45) is 0 Å². The van der Waals surface area contributed by atoms with Crippen LogP contribution in [0.2, 0.25) is 0 Å². The van der Waals surface area contributed by atoms with Crippen LogP contribution < -0.4 is 18.9 Å². The molecule has 0 N–H and O–H groups in total. The molecule has 0 saturated heterocycles. The van der Waals surface area contributed by atoms with Crippen LogP contribution in [0, 0.1) is 0 Å². The second kappa shape index (κ2) is 27.6.